The zero-order valence-electron chi connectivity index (χ0n) is 16.3. The predicted octanol–water partition coefficient (Wildman–Crippen LogP) is 4.23. The molecule has 1 unspecified atom stereocenters. The van der Waals surface area contributed by atoms with Crippen molar-refractivity contribution in [2.24, 2.45) is 0 Å². The lowest BCUT2D eigenvalue weighted by molar-refractivity contribution is -0.124. The first kappa shape index (κ1) is 21.1. The molecular formula is C21H23BrN2O5. The summed E-state index contributed by atoms with van der Waals surface area (Å²) in [6.45, 7) is 2.98. The Bertz CT molecular complexity index is 879. The van der Waals surface area contributed by atoms with E-state index in [2.05, 4.69) is 26.6 Å². The molecule has 2 aromatic rings. The summed E-state index contributed by atoms with van der Waals surface area (Å²) < 4.78 is 16.9. The fraction of sp³-hybridized carbons (Fsp3) is 0.333. The molecule has 3 rings (SSSR count). The van der Waals surface area contributed by atoms with Gasteiger partial charge in [0.1, 0.15) is 6.10 Å². The summed E-state index contributed by atoms with van der Waals surface area (Å²) in [5.74, 6) is 0.588. The van der Waals surface area contributed by atoms with Gasteiger partial charge in [-0.25, -0.2) is 0 Å². The number of carbonyl (C=O) groups is 2. The third-order valence-corrected chi connectivity index (χ3v) is 5.00. The average molecular weight is 463 g/mol. The molecule has 2 N–H and O–H groups in total. The lowest BCUT2D eigenvalue weighted by Gasteiger charge is -2.14. The van der Waals surface area contributed by atoms with Crippen LogP contribution in [0.25, 0.3) is 0 Å². The normalized spacial score (nSPS) is 15.6. The van der Waals surface area contributed by atoms with E-state index in [1.807, 2.05) is 6.92 Å². The van der Waals surface area contributed by atoms with Gasteiger partial charge in [0.25, 0.3) is 11.8 Å². The highest BCUT2D eigenvalue weighted by atomic mass is 79.9. The van der Waals surface area contributed by atoms with E-state index in [1.54, 1.807) is 36.4 Å². The van der Waals surface area contributed by atoms with Crippen LogP contribution in [-0.2, 0) is 9.53 Å². The molecule has 2 amide bonds. The van der Waals surface area contributed by atoms with Gasteiger partial charge in [-0.05, 0) is 72.1 Å². The summed E-state index contributed by atoms with van der Waals surface area (Å²) in [6, 6.07) is 10.2. The van der Waals surface area contributed by atoms with Crippen molar-refractivity contribution in [2.45, 2.75) is 25.9 Å². The molecule has 0 aliphatic carbocycles. The van der Waals surface area contributed by atoms with Gasteiger partial charge in [0.15, 0.2) is 11.5 Å². The van der Waals surface area contributed by atoms with Gasteiger partial charge in [0.2, 0.25) is 0 Å². The van der Waals surface area contributed by atoms with Crippen molar-refractivity contribution in [3.8, 4) is 11.5 Å². The molecule has 0 spiro atoms. The van der Waals surface area contributed by atoms with Crippen LogP contribution in [0.2, 0.25) is 0 Å². The van der Waals surface area contributed by atoms with E-state index >= 15 is 0 Å². The maximum atomic E-state index is 12.6. The van der Waals surface area contributed by atoms with E-state index in [4.69, 9.17) is 14.2 Å². The number of hydrogen-bond donors (Lipinski definition) is 2. The van der Waals surface area contributed by atoms with Crippen molar-refractivity contribution >= 4 is 39.1 Å². The predicted molar refractivity (Wildman–Crippen MR) is 114 cm³/mol. The molecule has 7 nitrogen and oxygen atoms in total. The number of amides is 2. The molecule has 1 atom stereocenters. The zero-order valence-corrected chi connectivity index (χ0v) is 17.9. The first-order valence-corrected chi connectivity index (χ1v) is 10.1. The first-order chi connectivity index (χ1) is 14.0. The standard InChI is InChI=1S/C21H23BrN2O5/c1-3-28-19-16(22)11-13(12-18(19)27-2)20(25)23-14-6-8-15(9-7-14)24-21(26)17-5-4-10-29-17/h6-9,11-12,17H,3-5,10H2,1-2H3,(H,23,25)(H,24,26). The molecule has 0 saturated carbocycles. The van der Waals surface area contributed by atoms with Gasteiger partial charge in [-0.15, -0.1) is 0 Å². The van der Waals surface area contributed by atoms with Gasteiger partial charge in [0, 0.05) is 23.5 Å². The van der Waals surface area contributed by atoms with Gasteiger partial charge in [0.05, 0.1) is 18.2 Å². The van der Waals surface area contributed by atoms with Gasteiger partial charge < -0.3 is 24.8 Å². The fourth-order valence-electron chi connectivity index (χ4n) is 2.98. The number of anilines is 2. The average Bonchev–Trinajstić information content (AvgIpc) is 3.26. The highest BCUT2D eigenvalue weighted by molar-refractivity contribution is 9.10. The maximum absolute atomic E-state index is 12.6. The van der Waals surface area contributed by atoms with Gasteiger partial charge in [-0.2, -0.15) is 0 Å². The third kappa shape index (κ3) is 5.27. The third-order valence-electron chi connectivity index (χ3n) is 4.41. The highest BCUT2D eigenvalue weighted by Crippen LogP contribution is 2.36. The smallest absolute Gasteiger partial charge is 0.255 e. The summed E-state index contributed by atoms with van der Waals surface area (Å²) in [6.07, 6.45) is 1.25. The molecule has 1 aliphatic heterocycles. The van der Waals surface area contributed by atoms with Crippen molar-refractivity contribution in [1.82, 2.24) is 0 Å². The Morgan fingerprint density at radius 1 is 1.17 bits per heavy atom. The van der Waals surface area contributed by atoms with Crippen molar-refractivity contribution in [2.75, 3.05) is 31.0 Å². The maximum Gasteiger partial charge on any atom is 0.255 e. The summed E-state index contributed by atoms with van der Waals surface area (Å²) in [7, 11) is 1.52. The van der Waals surface area contributed by atoms with Crippen molar-refractivity contribution in [3.05, 3.63) is 46.4 Å². The number of methoxy groups -OCH3 is 1. The molecule has 1 fully saturated rings. The second-order valence-electron chi connectivity index (χ2n) is 6.44. The monoisotopic (exact) mass is 462 g/mol. The molecule has 1 heterocycles. The SMILES string of the molecule is CCOc1c(Br)cc(C(=O)Nc2ccc(NC(=O)C3CCCO3)cc2)cc1OC. The van der Waals surface area contributed by atoms with E-state index in [0.717, 1.165) is 12.8 Å². The molecule has 29 heavy (non-hydrogen) atoms. The van der Waals surface area contributed by atoms with Gasteiger partial charge in [-0.3, -0.25) is 9.59 Å². The lowest BCUT2D eigenvalue weighted by Crippen LogP contribution is -2.26. The van der Waals surface area contributed by atoms with E-state index < -0.39 is 0 Å². The minimum Gasteiger partial charge on any atom is -0.493 e. The van der Waals surface area contributed by atoms with Crippen LogP contribution in [0.3, 0.4) is 0 Å². The lowest BCUT2D eigenvalue weighted by atomic mass is 10.1. The van der Waals surface area contributed by atoms with Crippen LogP contribution in [0, 0.1) is 0 Å². The fourth-order valence-corrected chi connectivity index (χ4v) is 3.54. The van der Waals surface area contributed by atoms with Crippen LogP contribution in [0.5, 0.6) is 11.5 Å². The quantitative estimate of drug-likeness (QED) is 0.642. The Kier molecular flexibility index (Phi) is 7.11. The number of rotatable bonds is 7. The Hall–Kier alpha value is -2.58. The molecule has 8 heteroatoms. The number of hydrogen-bond acceptors (Lipinski definition) is 5. The van der Waals surface area contributed by atoms with Crippen molar-refractivity contribution in [1.29, 1.82) is 0 Å². The number of nitrogens with one attached hydrogen (secondary N) is 2. The summed E-state index contributed by atoms with van der Waals surface area (Å²) in [5.41, 5.74) is 1.68. The topological polar surface area (TPSA) is 85.9 Å². The molecular weight excluding hydrogens is 440 g/mol. The van der Waals surface area contributed by atoms with E-state index in [0.29, 0.717) is 46.1 Å². The number of carbonyl (C=O) groups excluding carboxylic acids is 2. The summed E-state index contributed by atoms with van der Waals surface area (Å²) in [5, 5.41) is 5.65. The molecule has 0 bridgehead atoms. The zero-order chi connectivity index (χ0) is 20.8. The van der Waals surface area contributed by atoms with E-state index in [9.17, 15) is 9.59 Å². The second-order valence-corrected chi connectivity index (χ2v) is 7.30. The minimum atomic E-state index is -0.387. The van der Waals surface area contributed by atoms with Crippen LogP contribution < -0.4 is 20.1 Å². The Morgan fingerprint density at radius 2 is 1.86 bits per heavy atom. The number of ether oxygens (including phenoxy) is 3. The molecule has 0 aromatic heterocycles. The van der Waals surface area contributed by atoms with Crippen LogP contribution >= 0.6 is 15.9 Å². The minimum absolute atomic E-state index is 0.148. The van der Waals surface area contributed by atoms with E-state index in [1.165, 1.54) is 7.11 Å². The molecule has 154 valence electrons. The molecule has 0 radical (unpaired) electrons. The summed E-state index contributed by atoms with van der Waals surface area (Å²) in [4.78, 5) is 24.7. The molecule has 1 saturated heterocycles. The molecule has 1 aliphatic rings. The largest absolute Gasteiger partial charge is 0.493 e. The van der Waals surface area contributed by atoms with Crippen LogP contribution in [0.1, 0.15) is 30.1 Å². The summed E-state index contributed by atoms with van der Waals surface area (Å²) >= 11 is 3.42. The Morgan fingerprint density at radius 3 is 2.45 bits per heavy atom. The van der Waals surface area contributed by atoms with Crippen molar-refractivity contribution < 1.29 is 23.8 Å². The number of halogens is 1. The van der Waals surface area contributed by atoms with Crippen LogP contribution in [0.4, 0.5) is 11.4 Å². The van der Waals surface area contributed by atoms with E-state index in [-0.39, 0.29) is 17.9 Å². The van der Waals surface area contributed by atoms with Crippen LogP contribution in [-0.4, -0.2) is 38.2 Å². The van der Waals surface area contributed by atoms with Crippen molar-refractivity contribution in [3.63, 3.8) is 0 Å². The first-order valence-electron chi connectivity index (χ1n) is 9.36. The van der Waals surface area contributed by atoms with Crippen LogP contribution in [0.15, 0.2) is 40.9 Å². The van der Waals surface area contributed by atoms with Gasteiger partial charge in [-0.1, -0.05) is 0 Å². The Labute approximate surface area is 177 Å². The van der Waals surface area contributed by atoms with Gasteiger partial charge >= 0.3 is 0 Å². The second kappa shape index (κ2) is 9.76. The molecule has 2 aromatic carbocycles. The highest BCUT2D eigenvalue weighted by Gasteiger charge is 2.23. The number of benzene rings is 2. The Balaban J connectivity index is 1.66.